The number of nitrogens with zero attached hydrogens (tertiary/aromatic N) is 2. The standard InChI is InChI=1S/C16H31N3O.ClH/c1-2-8-19(13-15-4-6-17-7-5-15)16(3-1)14-18-9-11-20-12-10-18;/h15-17H,1-14H2;1H. The zero-order chi connectivity index (χ0) is 13.6. The third-order valence-electron chi connectivity index (χ3n) is 5.27. The lowest BCUT2D eigenvalue weighted by molar-refractivity contribution is 0.0132. The van der Waals surface area contributed by atoms with Gasteiger partial charge in [0.25, 0.3) is 0 Å². The summed E-state index contributed by atoms with van der Waals surface area (Å²) in [6.07, 6.45) is 6.99. The molecule has 3 saturated heterocycles. The Morgan fingerprint density at radius 3 is 2.43 bits per heavy atom. The summed E-state index contributed by atoms with van der Waals surface area (Å²) >= 11 is 0. The van der Waals surface area contributed by atoms with Gasteiger partial charge in [0.05, 0.1) is 13.2 Å². The van der Waals surface area contributed by atoms with E-state index in [1.54, 1.807) is 0 Å². The van der Waals surface area contributed by atoms with Gasteiger partial charge in [-0.1, -0.05) is 6.42 Å². The maximum Gasteiger partial charge on any atom is 0.0594 e. The summed E-state index contributed by atoms with van der Waals surface area (Å²) in [7, 11) is 0. The molecule has 3 rings (SSSR count). The number of halogens is 1. The summed E-state index contributed by atoms with van der Waals surface area (Å²) in [5.41, 5.74) is 0. The molecule has 1 unspecified atom stereocenters. The summed E-state index contributed by atoms with van der Waals surface area (Å²) < 4.78 is 5.48. The molecule has 3 aliphatic heterocycles. The van der Waals surface area contributed by atoms with Gasteiger partial charge in [0.2, 0.25) is 0 Å². The fourth-order valence-corrected chi connectivity index (χ4v) is 3.98. The lowest BCUT2D eigenvalue weighted by Gasteiger charge is -2.41. The lowest BCUT2D eigenvalue weighted by atomic mass is 9.94. The van der Waals surface area contributed by atoms with Crippen LogP contribution >= 0.6 is 12.4 Å². The van der Waals surface area contributed by atoms with Gasteiger partial charge in [0.15, 0.2) is 0 Å². The first-order valence-corrected chi connectivity index (χ1v) is 8.67. The second-order valence-corrected chi connectivity index (χ2v) is 6.75. The van der Waals surface area contributed by atoms with Crippen LogP contribution in [0.5, 0.6) is 0 Å². The van der Waals surface area contributed by atoms with Crippen molar-refractivity contribution in [3.8, 4) is 0 Å². The van der Waals surface area contributed by atoms with Gasteiger partial charge >= 0.3 is 0 Å². The SMILES string of the molecule is C1CCN(CC2CCNCC2)C(CN2CCOCC2)C1.Cl. The van der Waals surface area contributed by atoms with Gasteiger partial charge in [0.1, 0.15) is 0 Å². The highest BCUT2D eigenvalue weighted by molar-refractivity contribution is 5.85. The molecule has 0 amide bonds. The molecular weight excluding hydrogens is 286 g/mol. The zero-order valence-electron chi connectivity index (χ0n) is 13.3. The van der Waals surface area contributed by atoms with Gasteiger partial charge in [-0.15, -0.1) is 12.4 Å². The molecule has 124 valence electrons. The van der Waals surface area contributed by atoms with E-state index in [9.17, 15) is 0 Å². The van der Waals surface area contributed by atoms with Crippen LogP contribution in [0.1, 0.15) is 32.1 Å². The van der Waals surface area contributed by atoms with E-state index in [0.29, 0.717) is 0 Å². The molecule has 3 fully saturated rings. The predicted octanol–water partition coefficient (Wildman–Crippen LogP) is 1.59. The molecule has 3 aliphatic rings. The molecule has 0 aromatic heterocycles. The van der Waals surface area contributed by atoms with Gasteiger partial charge in [0, 0.05) is 32.2 Å². The topological polar surface area (TPSA) is 27.7 Å². The highest BCUT2D eigenvalue weighted by atomic mass is 35.5. The highest BCUT2D eigenvalue weighted by Crippen LogP contribution is 2.22. The van der Waals surface area contributed by atoms with Crippen molar-refractivity contribution in [2.24, 2.45) is 5.92 Å². The smallest absolute Gasteiger partial charge is 0.0594 e. The molecule has 5 heteroatoms. The van der Waals surface area contributed by atoms with Crippen molar-refractivity contribution < 1.29 is 4.74 Å². The summed E-state index contributed by atoms with van der Waals surface area (Å²) in [5, 5.41) is 3.49. The van der Waals surface area contributed by atoms with Crippen molar-refractivity contribution in [3.63, 3.8) is 0 Å². The summed E-state index contributed by atoms with van der Waals surface area (Å²) in [6.45, 7) is 10.5. The number of morpholine rings is 1. The third-order valence-corrected chi connectivity index (χ3v) is 5.27. The van der Waals surface area contributed by atoms with Crippen LogP contribution in [0.2, 0.25) is 0 Å². The first-order chi connectivity index (χ1) is 9.92. The molecule has 0 bridgehead atoms. The molecule has 0 aromatic rings. The lowest BCUT2D eigenvalue weighted by Crippen LogP contribution is -2.51. The van der Waals surface area contributed by atoms with Crippen molar-refractivity contribution in [2.75, 3.05) is 59.0 Å². The molecule has 0 aliphatic carbocycles. The first-order valence-electron chi connectivity index (χ1n) is 8.67. The van der Waals surface area contributed by atoms with Crippen molar-refractivity contribution in [1.29, 1.82) is 0 Å². The number of rotatable bonds is 4. The van der Waals surface area contributed by atoms with Crippen molar-refractivity contribution in [1.82, 2.24) is 15.1 Å². The molecule has 0 aromatic carbocycles. The minimum atomic E-state index is 0. The van der Waals surface area contributed by atoms with E-state index in [1.165, 1.54) is 64.8 Å². The van der Waals surface area contributed by atoms with Gasteiger partial charge in [-0.2, -0.15) is 0 Å². The van der Waals surface area contributed by atoms with Crippen molar-refractivity contribution in [3.05, 3.63) is 0 Å². The number of piperidine rings is 2. The average molecular weight is 318 g/mol. The van der Waals surface area contributed by atoms with Crippen LogP contribution < -0.4 is 5.32 Å². The Bertz CT molecular complexity index is 253. The molecule has 0 spiro atoms. The number of ether oxygens (including phenoxy) is 1. The summed E-state index contributed by atoms with van der Waals surface area (Å²) in [6, 6.07) is 0.803. The third kappa shape index (κ3) is 5.36. The van der Waals surface area contributed by atoms with E-state index < -0.39 is 0 Å². The van der Waals surface area contributed by atoms with E-state index in [1.807, 2.05) is 0 Å². The largest absolute Gasteiger partial charge is 0.379 e. The molecular formula is C16H32ClN3O. The normalized spacial score (nSPS) is 30.0. The second-order valence-electron chi connectivity index (χ2n) is 6.75. The molecule has 0 saturated carbocycles. The Labute approximate surface area is 136 Å². The summed E-state index contributed by atoms with van der Waals surface area (Å²) in [5.74, 6) is 0.932. The van der Waals surface area contributed by atoms with Gasteiger partial charge < -0.3 is 10.1 Å². The van der Waals surface area contributed by atoms with Crippen molar-refractivity contribution >= 4 is 12.4 Å². The number of nitrogens with one attached hydrogen (secondary N) is 1. The fourth-order valence-electron chi connectivity index (χ4n) is 3.98. The Balaban J connectivity index is 0.00000161. The molecule has 21 heavy (non-hydrogen) atoms. The van der Waals surface area contributed by atoms with Crippen LogP contribution in [-0.4, -0.2) is 74.9 Å². The maximum absolute atomic E-state index is 5.48. The zero-order valence-corrected chi connectivity index (χ0v) is 14.1. The van der Waals surface area contributed by atoms with Crippen LogP contribution in [0.15, 0.2) is 0 Å². The molecule has 3 heterocycles. The first kappa shape index (κ1) is 17.5. The number of likely N-dealkylation sites (tertiary alicyclic amines) is 1. The van der Waals surface area contributed by atoms with E-state index in [-0.39, 0.29) is 12.4 Å². The van der Waals surface area contributed by atoms with Gasteiger partial charge in [-0.25, -0.2) is 0 Å². The minimum Gasteiger partial charge on any atom is -0.379 e. The van der Waals surface area contributed by atoms with Crippen LogP contribution in [0, 0.1) is 5.92 Å². The minimum absolute atomic E-state index is 0. The van der Waals surface area contributed by atoms with E-state index in [0.717, 1.165) is 38.3 Å². The highest BCUT2D eigenvalue weighted by Gasteiger charge is 2.27. The molecule has 0 radical (unpaired) electrons. The number of hydrogen-bond acceptors (Lipinski definition) is 4. The van der Waals surface area contributed by atoms with Crippen molar-refractivity contribution in [2.45, 2.75) is 38.1 Å². The van der Waals surface area contributed by atoms with Gasteiger partial charge in [-0.3, -0.25) is 9.80 Å². The Morgan fingerprint density at radius 2 is 1.67 bits per heavy atom. The monoisotopic (exact) mass is 317 g/mol. The number of hydrogen-bond donors (Lipinski definition) is 1. The molecule has 4 nitrogen and oxygen atoms in total. The van der Waals surface area contributed by atoms with Gasteiger partial charge in [-0.05, 0) is 51.2 Å². The Kier molecular flexibility index (Phi) is 7.75. The average Bonchev–Trinajstić information content (AvgIpc) is 2.51. The predicted molar refractivity (Wildman–Crippen MR) is 89.3 cm³/mol. The maximum atomic E-state index is 5.48. The Hall–Kier alpha value is 0.130. The Morgan fingerprint density at radius 1 is 0.905 bits per heavy atom. The molecule has 1 atom stereocenters. The summed E-state index contributed by atoms with van der Waals surface area (Å²) in [4.78, 5) is 5.43. The molecule has 1 N–H and O–H groups in total. The van der Waals surface area contributed by atoms with Crippen LogP contribution in [0.25, 0.3) is 0 Å². The second kappa shape index (κ2) is 9.31. The quantitative estimate of drug-likeness (QED) is 0.852. The van der Waals surface area contributed by atoms with Crippen LogP contribution in [0.3, 0.4) is 0 Å². The van der Waals surface area contributed by atoms with Crippen LogP contribution in [-0.2, 0) is 4.74 Å². The van der Waals surface area contributed by atoms with E-state index in [4.69, 9.17) is 4.74 Å². The van der Waals surface area contributed by atoms with E-state index >= 15 is 0 Å². The fraction of sp³-hybridized carbons (Fsp3) is 1.00. The van der Waals surface area contributed by atoms with Crippen LogP contribution in [0.4, 0.5) is 0 Å². The van der Waals surface area contributed by atoms with E-state index in [2.05, 4.69) is 15.1 Å².